The van der Waals surface area contributed by atoms with E-state index in [9.17, 15) is 4.79 Å². The number of ether oxygens (including phenoxy) is 1. The maximum absolute atomic E-state index is 12.5. The van der Waals surface area contributed by atoms with Crippen LogP contribution >= 0.6 is 0 Å². The van der Waals surface area contributed by atoms with E-state index >= 15 is 0 Å². The number of nitrogens with one attached hydrogen (secondary N) is 1. The highest BCUT2D eigenvalue weighted by Gasteiger charge is 2.12. The lowest BCUT2D eigenvalue weighted by Crippen LogP contribution is -2.36. The summed E-state index contributed by atoms with van der Waals surface area (Å²) >= 11 is 0. The van der Waals surface area contributed by atoms with Crippen molar-refractivity contribution in [1.82, 2.24) is 5.32 Å². The van der Waals surface area contributed by atoms with Crippen molar-refractivity contribution in [1.29, 1.82) is 0 Å². The number of morpholine rings is 1. The normalized spacial score (nSPS) is 14.4. The summed E-state index contributed by atoms with van der Waals surface area (Å²) in [6.07, 6.45) is 0. The summed E-state index contributed by atoms with van der Waals surface area (Å²) in [6, 6.07) is 12.4. The number of amides is 1. The van der Waals surface area contributed by atoms with Crippen molar-refractivity contribution in [3.63, 3.8) is 0 Å². The SMILES string of the molecule is Cc1cc(C)c(C(=O)NCc2ccc(N3CCOCC3)cc2)cc1C. The minimum absolute atomic E-state index is 0.0159. The fraction of sp³-hybridized carbons (Fsp3) is 0.381. The smallest absolute Gasteiger partial charge is 0.251 e. The van der Waals surface area contributed by atoms with Gasteiger partial charge in [0.25, 0.3) is 5.91 Å². The molecule has 0 spiro atoms. The zero-order valence-electron chi connectivity index (χ0n) is 15.3. The van der Waals surface area contributed by atoms with Crippen molar-refractivity contribution in [3.05, 3.63) is 64.2 Å². The van der Waals surface area contributed by atoms with Gasteiger partial charge in [0, 0.05) is 30.9 Å². The Balaban J connectivity index is 1.61. The molecule has 0 unspecified atom stereocenters. The molecule has 2 aromatic rings. The zero-order chi connectivity index (χ0) is 17.8. The molecule has 0 atom stereocenters. The predicted molar refractivity (Wildman–Crippen MR) is 101 cm³/mol. The number of carbonyl (C=O) groups is 1. The first-order valence-electron chi connectivity index (χ1n) is 8.82. The Morgan fingerprint density at radius 1 is 1.00 bits per heavy atom. The lowest BCUT2D eigenvalue weighted by molar-refractivity contribution is 0.0950. The average molecular weight is 338 g/mol. The van der Waals surface area contributed by atoms with Gasteiger partial charge >= 0.3 is 0 Å². The van der Waals surface area contributed by atoms with Gasteiger partial charge in [-0.3, -0.25) is 4.79 Å². The molecule has 0 aromatic heterocycles. The monoisotopic (exact) mass is 338 g/mol. The van der Waals surface area contributed by atoms with Crippen molar-refractivity contribution in [3.8, 4) is 0 Å². The van der Waals surface area contributed by atoms with Crippen LogP contribution < -0.4 is 10.2 Å². The molecule has 1 aliphatic rings. The minimum Gasteiger partial charge on any atom is -0.378 e. The first-order chi connectivity index (χ1) is 12.0. The zero-order valence-corrected chi connectivity index (χ0v) is 15.3. The molecule has 25 heavy (non-hydrogen) atoms. The van der Waals surface area contributed by atoms with Crippen LogP contribution in [0, 0.1) is 20.8 Å². The molecule has 1 aliphatic heterocycles. The Bertz CT molecular complexity index is 747. The topological polar surface area (TPSA) is 41.6 Å². The first kappa shape index (κ1) is 17.5. The second-order valence-electron chi connectivity index (χ2n) is 6.70. The molecule has 1 heterocycles. The standard InChI is InChI=1S/C21H26N2O2/c1-15-12-17(3)20(13-16(15)2)21(24)22-14-18-4-6-19(7-5-18)23-8-10-25-11-9-23/h4-7,12-13H,8-11,14H2,1-3H3,(H,22,24). The van der Waals surface area contributed by atoms with E-state index in [-0.39, 0.29) is 5.91 Å². The summed E-state index contributed by atoms with van der Waals surface area (Å²) in [4.78, 5) is 14.8. The lowest BCUT2D eigenvalue weighted by atomic mass is 10.0. The molecule has 3 rings (SSSR count). The first-order valence-corrected chi connectivity index (χ1v) is 8.82. The van der Waals surface area contributed by atoms with Crippen molar-refractivity contribution >= 4 is 11.6 Å². The van der Waals surface area contributed by atoms with E-state index in [1.54, 1.807) is 0 Å². The van der Waals surface area contributed by atoms with Crippen molar-refractivity contribution in [2.24, 2.45) is 0 Å². The number of rotatable bonds is 4. The Morgan fingerprint density at radius 2 is 1.64 bits per heavy atom. The molecule has 132 valence electrons. The lowest BCUT2D eigenvalue weighted by Gasteiger charge is -2.28. The largest absolute Gasteiger partial charge is 0.378 e. The summed E-state index contributed by atoms with van der Waals surface area (Å²) in [5.41, 5.74) is 6.45. The molecule has 1 amide bonds. The highest BCUT2D eigenvalue weighted by molar-refractivity contribution is 5.95. The second-order valence-corrected chi connectivity index (χ2v) is 6.70. The molecular weight excluding hydrogens is 312 g/mol. The highest BCUT2D eigenvalue weighted by Crippen LogP contribution is 2.18. The molecule has 0 bridgehead atoms. The van der Waals surface area contributed by atoms with Gasteiger partial charge in [-0.15, -0.1) is 0 Å². The van der Waals surface area contributed by atoms with Crippen LogP contribution in [0.25, 0.3) is 0 Å². The maximum Gasteiger partial charge on any atom is 0.251 e. The van der Waals surface area contributed by atoms with Crippen LogP contribution in [0.4, 0.5) is 5.69 Å². The Kier molecular flexibility index (Phi) is 5.39. The number of aryl methyl sites for hydroxylation is 3. The van der Waals surface area contributed by atoms with E-state index in [1.807, 2.05) is 19.9 Å². The van der Waals surface area contributed by atoms with Gasteiger partial charge < -0.3 is 15.0 Å². The molecule has 0 radical (unpaired) electrons. The van der Waals surface area contributed by atoms with Gasteiger partial charge in [-0.05, 0) is 61.2 Å². The molecular formula is C21H26N2O2. The molecule has 4 heteroatoms. The molecule has 0 aliphatic carbocycles. The van der Waals surface area contributed by atoms with Gasteiger partial charge in [0.2, 0.25) is 0 Å². The number of carbonyl (C=O) groups excluding carboxylic acids is 1. The van der Waals surface area contributed by atoms with Gasteiger partial charge in [0.15, 0.2) is 0 Å². The van der Waals surface area contributed by atoms with Crippen LogP contribution in [0.5, 0.6) is 0 Å². The van der Waals surface area contributed by atoms with E-state index < -0.39 is 0 Å². The van der Waals surface area contributed by atoms with Crippen LogP contribution in [-0.2, 0) is 11.3 Å². The van der Waals surface area contributed by atoms with Gasteiger partial charge in [0.1, 0.15) is 0 Å². The van der Waals surface area contributed by atoms with Crippen LogP contribution in [0.3, 0.4) is 0 Å². The van der Waals surface area contributed by atoms with Gasteiger partial charge in [0.05, 0.1) is 13.2 Å². The molecule has 1 fully saturated rings. The molecule has 0 saturated carbocycles. The predicted octanol–water partition coefficient (Wildman–Crippen LogP) is 3.38. The van der Waals surface area contributed by atoms with E-state index in [0.29, 0.717) is 6.54 Å². The Labute approximate surface area is 149 Å². The average Bonchev–Trinajstić information content (AvgIpc) is 2.64. The number of nitrogens with zero attached hydrogens (tertiary/aromatic N) is 1. The van der Waals surface area contributed by atoms with Gasteiger partial charge in [-0.25, -0.2) is 0 Å². The molecule has 4 nitrogen and oxygen atoms in total. The van der Waals surface area contributed by atoms with Gasteiger partial charge in [-0.2, -0.15) is 0 Å². The van der Waals surface area contributed by atoms with Crippen LogP contribution in [0.1, 0.15) is 32.6 Å². The summed E-state index contributed by atoms with van der Waals surface area (Å²) in [5.74, 6) is -0.0159. The fourth-order valence-corrected chi connectivity index (χ4v) is 3.13. The van der Waals surface area contributed by atoms with Crippen molar-refractivity contribution in [2.45, 2.75) is 27.3 Å². The third-order valence-electron chi connectivity index (χ3n) is 4.85. The second kappa shape index (κ2) is 7.70. The van der Waals surface area contributed by atoms with E-state index in [1.165, 1.54) is 11.3 Å². The van der Waals surface area contributed by atoms with E-state index in [0.717, 1.165) is 48.6 Å². The summed E-state index contributed by atoms with van der Waals surface area (Å²) < 4.78 is 5.39. The fourth-order valence-electron chi connectivity index (χ4n) is 3.13. The Morgan fingerprint density at radius 3 is 2.32 bits per heavy atom. The number of benzene rings is 2. The summed E-state index contributed by atoms with van der Waals surface area (Å²) in [7, 11) is 0. The highest BCUT2D eigenvalue weighted by atomic mass is 16.5. The van der Waals surface area contributed by atoms with Crippen LogP contribution in [0.15, 0.2) is 36.4 Å². The molecule has 2 aromatic carbocycles. The molecule has 1 N–H and O–H groups in total. The van der Waals surface area contributed by atoms with Crippen molar-refractivity contribution in [2.75, 3.05) is 31.2 Å². The minimum atomic E-state index is -0.0159. The number of hydrogen-bond donors (Lipinski definition) is 1. The van der Waals surface area contributed by atoms with E-state index in [4.69, 9.17) is 4.74 Å². The van der Waals surface area contributed by atoms with E-state index in [2.05, 4.69) is 47.5 Å². The number of hydrogen-bond acceptors (Lipinski definition) is 3. The third-order valence-corrected chi connectivity index (χ3v) is 4.85. The summed E-state index contributed by atoms with van der Waals surface area (Å²) in [6.45, 7) is 10.1. The van der Waals surface area contributed by atoms with Crippen molar-refractivity contribution < 1.29 is 9.53 Å². The van der Waals surface area contributed by atoms with Crippen LogP contribution in [-0.4, -0.2) is 32.2 Å². The third kappa shape index (κ3) is 4.20. The van der Waals surface area contributed by atoms with Crippen LogP contribution in [0.2, 0.25) is 0 Å². The summed E-state index contributed by atoms with van der Waals surface area (Å²) in [5, 5.41) is 3.03. The number of anilines is 1. The quantitative estimate of drug-likeness (QED) is 0.929. The Hall–Kier alpha value is -2.33. The molecule has 1 saturated heterocycles. The van der Waals surface area contributed by atoms with Gasteiger partial charge in [-0.1, -0.05) is 18.2 Å². The maximum atomic E-state index is 12.5.